The lowest BCUT2D eigenvalue weighted by Crippen LogP contribution is -2.10. The van der Waals surface area contributed by atoms with E-state index in [9.17, 15) is 4.79 Å². The molecule has 0 saturated carbocycles. The Morgan fingerprint density at radius 3 is 2.53 bits per heavy atom. The number of rotatable bonds is 2. The lowest BCUT2D eigenvalue weighted by atomic mass is 10.3. The molecule has 0 saturated heterocycles. The van der Waals surface area contributed by atoms with Gasteiger partial charge in [-0.2, -0.15) is 0 Å². The van der Waals surface area contributed by atoms with E-state index in [0.717, 1.165) is 0 Å². The molecule has 0 bridgehead atoms. The molecule has 1 aromatic carbocycles. The molecule has 0 N–H and O–H groups in total. The van der Waals surface area contributed by atoms with Crippen LogP contribution in [0.15, 0.2) is 12.1 Å². The number of carbonyl (C=O) groups excluding carboxylic acids is 1. The van der Waals surface area contributed by atoms with E-state index in [2.05, 4.69) is 14.6 Å². The molecular formula is C10H4Cl3IO3. The Morgan fingerprint density at radius 2 is 1.88 bits per heavy atom. The largest absolute Gasteiger partial charge is 0.514 e. The number of hydrogen-bond acceptors (Lipinski definition) is 3. The van der Waals surface area contributed by atoms with Gasteiger partial charge >= 0.3 is 6.16 Å². The number of benzene rings is 1. The van der Waals surface area contributed by atoms with Gasteiger partial charge in [-0.25, -0.2) is 4.79 Å². The van der Waals surface area contributed by atoms with Crippen molar-refractivity contribution in [3.8, 4) is 15.6 Å². The van der Waals surface area contributed by atoms with Crippen molar-refractivity contribution < 1.29 is 14.3 Å². The van der Waals surface area contributed by atoms with Crippen molar-refractivity contribution in [2.75, 3.05) is 6.61 Å². The van der Waals surface area contributed by atoms with Crippen LogP contribution in [0, 0.1) is 9.85 Å². The summed E-state index contributed by atoms with van der Waals surface area (Å²) in [5.41, 5.74) is 0. The minimum Gasteiger partial charge on any atom is -0.421 e. The second kappa shape index (κ2) is 7.17. The lowest BCUT2D eigenvalue weighted by Gasteiger charge is -2.06. The molecule has 3 nitrogen and oxygen atoms in total. The quantitative estimate of drug-likeness (QED) is 0.238. The topological polar surface area (TPSA) is 35.5 Å². The maximum atomic E-state index is 11.2. The van der Waals surface area contributed by atoms with E-state index in [1.165, 1.54) is 12.1 Å². The third kappa shape index (κ3) is 4.80. The Hall–Kier alpha value is -0.350. The molecule has 0 aromatic heterocycles. The zero-order chi connectivity index (χ0) is 12.8. The third-order valence-corrected chi connectivity index (χ3v) is 2.90. The molecule has 0 atom stereocenters. The van der Waals surface area contributed by atoms with Crippen LogP contribution in [0.4, 0.5) is 4.79 Å². The van der Waals surface area contributed by atoms with Gasteiger partial charge in [0.05, 0.1) is 15.1 Å². The Kier molecular flexibility index (Phi) is 6.20. The second-order valence-corrected chi connectivity index (χ2v) is 4.37. The van der Waals surface area contributed by atoms with Crippen LogP contribution in [0.5, 0.6) is 5.75 Å². The zero-order valence-corrected chi connectivity index (χ0v) is 12.5. The summed E-state index contributed by atoms with van der Waals surface area (Å²) in [5, 5.41) is 0.662. The highest BCUT2D eigenvalue weighted by atomic mass is 127. The summed E-state index contributed by atoms with van der Waals surface area (Å²) < 4.78 is 12.0. The average Bonchev–Trinajstić information content (AvgIpc) is 2.26. The highest BCUT2D eigenvalue weighted by Crippen LogP contribution is 2.33. The van der Waals surface area contributed by atoms with E-state index < -0.39 is 6.16 Å². The summed E-state index contributed by atoms with van der Waals surface area (Å²) in [5.74, 6) is 2.61. The van der Waals surface area contributed by atoms with E-state index >= 15 is 0 Å². The second-order valence-electron chi connectivity index (χ2n) is 2.61. The molecule has 0 amide bonds. The SMILES string of the molecule is O=C(OCC#CI)Oc1cc(Cl)c(Cl)cc1Cl. The molecule has 0 fully saturated rings. The Balaban J connectivity index is 2.70. The molecule has 1 rings (SSSR count). The Labute approximate surface area is 126 Å². The summed E-state index contributed by atoms with van der Waals surface area (Å²) >= 11 is 19.1. The Morgan fingerprint density at radius 1 is 1.24 bits per heavy atom. The van der Waals surface area contributed by atoms with Crippen LogP contribution in [0.1, 0.15) is 0 Å². The van der Waals surface area contributed by atoms with Crippen molar-refractivity contribution in [3.05, 3.63) is 27.2 Å². The van der Waals surface area contributed by atoms with Crippen molar-refractivity contribution in [2.24, 2.45) is 0 Å². The van der Waals surface area contributed by atoms with E-state index in [1.807, 2.05) is 22.6 Å². The molecule has 90 valence electrons. The standard InChI is InChI=1S/C10H4Cl3IO3/c11-6-4-8(13)9(5-7(6)12)17-10(15)16-3-1-2-14/h4-5H,3H2. The maximum absolute atomic E-state index is 11.2. The molecule has 7 heteroatoms. The van der Waals surface area contributed by atoms with Crippen molar-refractivity contribution in [1.29, 1.82) is 0 Å². The molecule has 1 aromatic rings. The first-order valence-electron chi connectivity index (χ1n) is 4.12. The van der Waals surface area contributed by atoms with Gasteiger partial charge < -0.3 is 9.47 Å². The number of ether oxygens (including phenoxy) is 2. The van der Waals surface area contributed by atoms with Gasteiger partial charge in [-0.3, -0.25) is 0 Å². The first-order chi connectivity index (χ1) is 8.04. The fraction of sp³-hybridized carbons (Fsp3) is 0.100. The molecule has 0 aliphatic carbocycles. The van der Waals surface area contributed by atoms with Crippen LogP contribution in [-0.4, -0.2) is 12.8 Å². The van der Waals surface area contributed by atoms with Gasteiger partial charge in [-0.15, -0.1) is 0 Å². The summed E-state index contributed by atoms with van der Waals surface area (Å²) in [7, 11) is 0. The first kappa shape index (κ1) is 14.7. The number of carbonyl (C=O) groups is 1. The van der Waals surface area contributed by atoms with Gasteiger partial charge in [0, 0.05) is 28.7 Å². The van der Waals surface area contributed by atoms with Crippen molar-refractivity contribution in [1.82, 2.24) is 0 Å². The van der Waals surface area contributed by atoms with Crippen molar-refractivity contribution in [3.63, 3.8) is 0 Å². The van der Waals surface area contributed by atoms with Gasteiger partial charge in [0.25, 0.3) is 0 Å². The normalized spacial score (nSPS) is 9.18. The zero-order valence-electron chi connectivity index (χ0n) is 8.10. The fourth-order valence-corrected chi connectivity index (χ4v) is 1.56. The predicted octanol–water partition coefficient (Wildman–Crippen LogP) is 4.56. The summed E-state index contributed by atoms with van der Waals surface area (Å²) in [4.78, 5) is 11.2. The van der Waals surface area contributed by atoms with Crippen molar-refractivity contribution >= 4 is 63.5 Å². The minimum absolute atomic E-state index is 0.0548. The van der Waals surface area contributed by atoms with E-state index in [0.29, 0.717) is 0 Å². The minimum atomic E-state index is -0.913. The van der Waals surface area contributed by atoms with Gasteiger partial charge in [0.15, 0.2) is 12.4 Å². The summed E-state index contributed by atoms with van der Waals surface area (Å²) in [6.45, 7) is -0.0548. The molecular weight excluding hydrogens is 401 g/mol. The number of hydrogen-bond donors (Lipinski definition) is 0. The molecule has 0 spiro atoms. The maximum Gasteiger partial charge on any atom is 0.514 e. The van der Waals surface area contributed by atoms with E-state index in [-0.39, 0.29) is 27.4 Å². The smallest absolute Gasteiger partial charge is 0.421 e. The molecule has 0 aliphatic rings. The van der Waals surface area contributed by atoms with Crippen LogP contribution in [-0.2, 0) is 4.74 Å². The fourth-order valence-electron chi connectivity index (χ4n) is 0.824. The van der Waals surface area contributed by atoms with Gasteiger partial charge in [0.2, 0.25) is 0 Å². The average molecular weight is 405 g/mol. The van der Waals surface area contributed by atoms with Crippen molar-refractivity contribution in [2.45, 2.75) is 0 Å². The van der Waals surface area contributed by atoms with Crippen LogP contribution < -0.4 is 4.74 Å². The molecule has 0 heterocycles. The molecule has 17 heavy (non-hydrogen) atoms. The highest BCUT2D eigenvalue weighted by Gasteiger charge is 2.12. The molecule has 0 radical (unpaired) electrons. The van der Waals surface area contributed by atoms with Crippen LogP contribution >= 0.6 is 57.4 Å². The summed E-state index contributed by atoms with van der Waals surface area (Å²) in [6.07, 6.45) is -0.913. The van der Waals surface area contributed by atoms with Gasteiger partial charge in [-0.05, 0) is 9.99 Å². The third-order valence-electron chi connectivity index (χ3n) is 1.50. The molecule has 0 unspecified atom stereocenters. The van der Waals surface area contributed by atoms with Crippen LogP contribution in [0.2, 0.25) is 15.1 Å². The first-order valence-corrected chi connectivity index (χ1v) is 6.33. The number of halogens is 4. The van der Waals surface area contributed by atoms with Crippen LogP contribution in [0.25, 0.3) is 0 Å². The summed E-state index contributed by atoms with van der Waals surface area (Å²) in [6, 6.07) is 2.70. The monoisotopic (exact) mass is 404 g/mol. The molecule has 0 aliphatic heterocycles. The van der Waals surface area contributed by atoms with E-state index in [1.54, 1.807) is 0 Å². The van der Waals surface area contributed by atoms with Gasteiger partial charge in [0.1, 0.15) is 0 Å². The predicted molar refractivity (Wildman–Crippen MR) is 75.2 cm³/mol. The van der Waals surface area contributed by atoms with E-state index in [4.69, 9.17) is 39.5 Å². The highest BCUT2D eigenvalue weighted by molar-refractivity contribution is 14.1. The van der Waals surface area contributed by atoms with Crippen LogP contribution in [0.3, 0.4) is 0 Å². The van der Waals surface area contributed by atoms with Gasteiger partial charge in [-0.1, -0.05) is 40.7 Å². The lowest BCUT2D eigenvalue weighted by molar-refractivity contribution is 0.111. The Bertz CT molecular complexity index is 494.